The Labute approximate surface area is 192 Å². The molecule has 2 fully saturated rings. The summed E-state index contributed by atoms with van der Waals surface area (Å²) in [4.78, 5) is 38.6. The van der Waals surface area contributed by atoms with E-state index in [0.717, 1.165) is 35.1 Å². The number of carboxylic acids is 1. The predicted octanol–water partition coefficient (Wildman–Crippen LogP) is 3.63. The molecule has 2 amide bonds. The molecule has 0 bridgehead atoms. The number of carbonyl (C=O) groups is 3. The number of likely N-dealkylation sites (tertiary alicyclic amines) is 1. The third-order valence-electron chi connectivity index (χ3n) is 7.11. The highest BCUT2D eigenvalue weighted by Crippen LogP contribution is 2.44. The Morgan fingerprint density at radius 3 is 2.18 bits per heavy atom. The van der Waals surface area contributed by atoms with Crippen LogP contribution in [-0.4, -0.2) is 53.7 Å². The highest BCUT2D eigenvalue weighted by Gasteiger charge is 2.49. The van der Waals surface area contributed by atoms with Gasteiger partial charge in [-0.1, -0.05) is 61.4 Å². The largest absolute Gasteiger partial charge is 0.481 e. The van der Waals surface area contributed by atoms with Crippen molar-refractivity contribution in [1.82, 2.24) is 10.2 Å². The molecule has 3 aliphatic rings. The number of alkyl carbamates (subject to hydrolysis) is 1. The molecule has 1 unspecified atom stereocenters. The molecular formula is C26H28N2O5. The van der Waals surface area contributed by atoms with Crippen LogP contribution in [0, 0.1) is 11.3 Å². The minimum Gasteiger partial charge on any atom is -0.481 e. The number of ether oxygens (including phenoxy) is 1. The SMILES string of the molecule is CC1(C(=O)O)CN(C(=O)C(CC2CC2)NC(=O)OCC2c3ccccc3-c3ccccc32)C1. The maximum atomic E-state index is 13.0. The second-order valence-corrected chi connectivity index (χ2v) is 9.76. The number of rotatable bonds is 7. The molecule has 0 spiro atoms. The number of nitrogens with zero attached hydrogens (tertiary/aromatic N) is 1. The molecule has 5 rings (SSSR count). The Kier molecular flexibility index (Phi) is 5.35. The van der Waals surface area contributed by atoms with Crippen LogP contribution in [0.2, 0.25) is 0 Å². The van der Waals surface area contributed by atoms with Gasteiger partial charge in [0.25, 0.3) is 0 Å². The van der Waals surface area contributed by atoms with Gasteiger partial charge in [0, 0.05) is 19.0 Å². The normalized spacial score (nSPS) is 19.1. The van der Waals surface area contributed by atoms with Gasteiger partial charge in [-0.3, -0.25) is 9.59 Å². The Bertz CT molecular complexity index is 1060. The number of hydrogen-bond acceptors (Lipinski definition) is 4. The first kappa shape index (κ1) is 21.5. The van der Waals surface area contributed by atoms with Crippen molar-refractivity contribution >= 4 is 18.0 Å². The van der Waals surface area contributed by atoms with Crippen LogP contribution in [0.1, 0.15) is 43.2 Å². The third-order valence-corrected chi connectivity index (χ3v) is 7.11. The fourth-order valence-corrected chi connectivity index (χ4v) is 5.00. The fourth-order valence-electron chi connectivity index (χ4n) is 5.00. The van der Waals surface area contributed by atoms with E-state index in [1.807, 2.05) is 24.3 Å². The summed E-state index contributed by atoms with van der Waals surface area (Å²) in [7, 11) is 0. The Morgan fingerprint density at radius 2 is 1.64 bits per heavy atom. The molecule has 0 radical (unpaired) electrons. The van der Waals surface area contributed by atoms with Crippen molar-refractivity contribution in [2.45, 2.75) is 38.1 Å². The summed E-state index contributed by atoms with van der Waals surface area (Å²) in [6.45, 7) is 2.14. The van der Waals surface area contributed by atoms with E-state index in [0.29, 0.717) is 12.3 Å². The highest BCUT2D eigenvalue weighted by molar-refractivity contribution is 5.89. The second kappa shape index (κ2) is 8.21. The molecule has 2 aliphatic carbocycles. The zero-order chi connectivity index (χ0) is 23.2. The van der Waals surface area contributed by atoms with Crippen molar-refractivity contribution in [2.24, 2.45) is 11.3 Å². The molecule has 7 nitrogen and oxygen atoms in total. The van der Waals surface area contributed by atoms with Crippen molar-refractivity contribution in [1.29, 1.82) is 0 Å². The molecule has 2 aromatic carbocycles. The van der Waals surface area contributed by atoms with Gasteiger partial charge in [-0.05, 0) is 41.5 Å². The lowest BCUT2D eigenvalue weighted by Crippen LogP contribution is -2.64. The summed E-state index contributed by atoms with van der Waals surface area (Å²) in [6.07, 6.45) is 2.03. The number of carbonyl (C=O) groups excluding carboxylic acids is 2. The van der Waals surface area contributed by atoms with Gasteiger partial charge in [-0.15, -0.1) is 0 Å². The maximum absolute atomic E-state index is 13.0. The molecular weight excluding hydrogens is 420 g/mol. The number of hydrogen-bond donors (Lipinski definition) is 2. The fraction of sp³-hybridized carbons (Fsp3) is 0.423. The van der Waals surface area contributed by atoms with Crippen molar-refractivity contribution in [2.75, 3.05) is 19.7 Å². The third kappa shape index (κ3) is 4.08. The Balaban J connectivity index is 1.23. The maximum Gasteiger partial charge on any atom is 0.407 e. The van der Waals surface area contributed by atoms with Gasteiger partial charge < -0.3 is 20.1 Å². The highest BCUT2D eigenvalue weighted by atomic mass is 16.5. The average molecular weight is 449 g/mol. The van der Waals surface area contributed by atoms with E-state index < -0.39 is 23.5 Å². The van der Waals surface area contributed by atoms with Crippen LogP contribution in [0.4, 0.5) is 4.79 Å². The first-order chi connectivity index (χ1) is 15.9. The van der Waals surface area contributed by atoms with Gasteiger partial charge in [-0.2, -0.15) is 0 Å². The zero-order valence-corrected chi connectivity index (χ0v) is 18.6. The Hall–Kier alpha value is -3.35. The second-order valence-electron chi connectivity index (χ2n) is 9.76. The topological polar surface area (TPSA) is 95.9 Å². The van der Waals surface area contributed by atoms with E-state index in [-0.39, 0.29) is 31.5 Å². The van der Waals surface area contributed by atoms with Crippen LogP contribution in [-0.2, 0) is 14.3 Å². The van der Waals surface area contributed by atoms with Crippen LogP contribution < -0.4 is 5.32 Å². The molecule has 33 heavy (non-hydrogen) atoms. The lowest BCUT2D eigenvalue weighted by molar-refractivity contribution is -0.164. The minimum atomic E-state index is -0.913. The molecule has 1 saturated carbocycles. The standard InChI is InChI=1S/C26H28N2O5/c1-26(24(30)31)14-28(15-26)23(29)22(12-16-10-11-16)27-25(32)33-13-21-19-8-4-2-6-17(19)18-7-3-5-9-20(18)21/h2-9,16,21-22H,10-15H2,1H3,(H,27,32)(H,30,31). The van der Waals surface area contributed by atoms with Crippen LogP contribution in [0.15, 0.2) is 48.5 Å². The number of fused-ring (bicyclic) bond motifs is 3. The van der Waals surface area contributed by atoms with Gasteiger partial charge in [0.15, 0.2) is 0 Å². The molecule has 2 N–H and O–H groups in total. The van der Waals surface area contributed by atoms with Crippen LogP contribution in [0.25, 0.3) is 11.1 Å². The van der Waals surface area contributed by atoms with Gasteiger partial charge in [0.1, 0.15) is 12.6 Å². The monoisotopic (exact) mass is 448 g/mol. The summed E-state index contributed by atoms with van der Waals surface area (Å²) in [6, 6.07) is 15.6. The Morgan fingerprint density at radius 1 is 1.06 bits per heavy atom. The molecule has 1 atom stereocenters. The molecule has 172 valence electrons. The number of carboxylic acid groups (broad SMARTS) is 1. The lowest BCUT2D eigenvalue weighted by atomic mass is 9.81. The van der Waals surface area contributed by atoms with E-state index in [4.69, 9.17) is 4.74 Å². The van der Waals surface area contributed by atoms with Crippen LogP contribution in [0.5, 0.6) is 0 Å². The first-order valence-electron chi connectivity index (χ1n) is 11.5. The van der Waals surface area contributed by atoms with Crippen LogP contribution in [0.3, 0.4) is 0 Å². The van der Waals surface area contributed by atoms with E-state index in [1.54, 1.807) is 6.92 Å². The predicted molar refractivity (Wildman–Crippen MR) is 122 cm³/mol. The quantitative estimate of drug-likeness (QED) is 0.674. The number of aliphatic carboxylic acids is 1. The minimum absolute atomic E-state index is 0.0487. The molecule has 1 aliphatic heterocycles. The smallest absolute Gasteiger partial charge is 0.407 e. The number of amides is 2. The molecule has 7 heteroatoms. The molecule has 0 aromatic heterocycles. The van der Waals surface area contributed by atoms with Crippen molar-refractivity contribution in [3.05, 3.63) is 59.7 Å². The van der Waals surface area contributed by atoms with Gasteiger partial charge in [0.05, 0.1) is 5.41 Å². The van der Waals surface area contributed by atoms with E-state index >= 15 is 0 Å². The summed E-state index contributed by atoms with van der Waals surface area (Å²) < 4.78 is 5.62. The lowest BCUT2D eigenvalue weighted by Gasteiger charge is -2.46. The summed E-state index contributed by atoms with van der Waals surface area (Å²) in [5, 5.41) is 12.1. The number of benzene rings is 2. The van der Waals surface area contributed by atoms with Gasteiger partial charge >= 0.3 is 12.1 Å². The van der Waals surface area contributed by atoms with Crippen molar-refractivity contribution in [3.8, 4) is 11.1 Å². The van der Waals surface area contributed by atoms with E-state index in [2.05, 4.69) is 29.6 Å². The van der Waals surface area contributed by atoms with Crippen molar-refractivity contribution < 1.29 is 24.2 Å². The van der Waals surface area contributed by atoms with E-state index in [9.17, 15) is 19.5 Å². The average Bonchev–Trinajstić information content (AvgIpc) is 3.55. The van der Waals surface area contributed by atoms with Crippen LogP contribution >= 0.6 is 0 Å². The summed E-state index contributed by atoms with van der Waals surface area (Å²) in [5.41, 5.74) is 3.66. The summed E-state index contributed by atoms with van der Waals surface area (Å²) in [5.74, 6) is -0.767. The van der Waals surface area contributed by atoms with Crippen molar-refractivity contribution in [3.63, 3.8) is 0 Å². The van der Waals surface area contributed by atoms with Gasteiger partial charge in [-0.25, -0.2) is 4.79 Å². The summed E-state index contributed by atoms with van der Waals surface area (Å²) >= 11 is 0. The number of nitrogens with one attached hydrogen (secondary N) is 1. The zero-order valence-electron chi connectivity index (χ0n) is 18.6. The molecule has 1 saturated heterocycles. The van der Waals surface area contributed by atoms with Gasteiger partial charge in [0.2, 0.25) is 5.91 Å². The molecule has 1 heterocycles. The molecule has 2 aromatic rings. The first-order valence-corrected chi connectivity index (χ1v) is 11.5. The van der Waals surface area contributed by atoms with E-state index in [1.165, 1.54) is 4.90 Å².